The number of hydrogen-bond donors (Lipinski definition) is 1. The van der Waals surface area contributed by atoms with Gasteiger partial charge in [-0.3, -0.25) is 13.6 Å². The fourth-order valence-electron chi connectivity index (χ4n) is 3.82. The van der Waals surface area contributed by atoms with Gasteiger partial charge in [-0.05, 0) is 28.9 Å². The number of phosphoric ester groups is 1. The largest absolute Gasteiger partial charge is 0.475 e. The Kier molecular flexibility index (Phi) is 15.1. The van der Waals surface area contributed by atoms with Gasteiger partial charge in [0.05, 0.1) is 46.0 Å². The van der Waals surface area contributed by atoms with Gasteiger partial charge in [-0.15, -0.1) is 0 Å². The number of rotatable bonds is 20. The lowest BCUT2D eigenvalue weighted by Gasteiger charge is -2.26. The Morgan fingerprint density at radius 1 is 0.568 bits per heavy atom. The van der Waals surface area contributed by atoms with Crippen LogP contribution < -0.4 is 0 Å². The van der Waals surface area contributed by atoms with Crippen molar-refractivity contribution in [3.8, 4) is 0 Å². The average Bonchev–Trinajstić information content (AvgIpc) is 3.09. The van der Waals surface area contributed by atoms with Gasteiger partial charge in [0.1, 0.15) is 0 Å². The van der Waals surface area contributed by atoms with Crippen molar-refractivity contribution in [2.45, 2.75) is 32.1 Å². The maximum atomic E-state index is 13.8. The molecule has 234 valence electrons. The summed E-state index contributed by atoms with van der Waals surface area (Å²) in [6, 6.07) is 38.4. The first-order valence-corrected chi connectivity index (χ1v) is 18.8. The van der Waals surface area contributed by atoms with Gasteiger partial charge >= 0.3 is 16.4 Å². The molecule has 0 bridgehead atoms. The third-order valence-electron chi connectivity index (χ3n) is 6.47. The van der Waals surface area contributed by atoms with Crippen molar-refractivity contribution >= 4 is 24.3 Å². The fraction of sp³-hybridized carbons (Fsp3) is 0.273. The Morgan fingerprint density at radius 2 is 0.955 bits per heavy atom. The molecule has 4 rings (SSSR count). The van der Waals surface area contributed by atoms with E-state index in [2.05, 4.69) is 0 Å². The Morgan fingerprint density at radius 3 is 1.34 bits per heavy atom. The first-order chi connectivity index (χ1) is 21.5. The molecule has 0 heterocycles. The second-order valence-corrected chi connectivity index (χ2v) is 15.3. The van der Waals surface area contributed by atoms with Crippen LogP contribution in [0.25, 0.3) is 0 Å². The van der Waals surface area contributed by atoms with E-state index >= 15 is 0 Å². The summed E-state index contributed by atoms with van der Waals surface area (Å²) in [5, 5.41) is 10.0. The lowest BCUT2D eigenvalue weighted by atomic mass is 10.2. The van der Waals surface area contributed by atoms with E-state index in [0.29, 0.717) is 13.2 Å². The van der Waals surface area contributed by atoms with Crippen molar-refractivity contribution in [3.63, 3.8) is 0 Å². The quantitative estimate of drug-likeness (QED) is 0.0946. The van der Waals surface area contributed by atoms with Crippen molar-refractivity contribution in [1.82, 2.24) is 0 Å². The highest BCUT2D eigenvalue weighted by atomic mass is 31.2. The smallest absolute Gasteiger partial charge is 0.392 e. The molecule has 0 saturated carbocycles. The molecule has 0 aliphatic rings. The second-order valence-electron chi connectivity index (χ2n) is 9.85. The van der Waals surface area contributed by atoms with Crippen LogP contribution in [0.5, 0.6) is 0 Å². The van der Waals surface area contributed by atoms with Crippen molar-refractivity contribution in [2.24, 2.45) is 0 Å². The van der Waals surface area contributed by atoms with E-state index in [1.165, 1.54) is 0 Å². The van der Waals surface area contributed by atoms with E-state index in [4.69, 9.17) is 27.1 Å². The molecular formula is C33H39O8P3. The number of benzene rings is 4. The van der Waals surface area contributed by atoms with Gasteiger partial charge in [0, 0.05) is 5.66 Å². The van der Waals surface area contributed by atoms with E-state index in [1.54, 1.807) is 0 Å². The van der Waals surface area contributed by atoms with Gasteiger partial charge in [-0.1, -0.05) is 129 Å². The maximum absolute atomic E-state index is 13.8. The van der Waals surface area contributed by atoms with E-state index in [-0.39, 0.29) is 38.4 Å². The highest BCUT2D eigenvalue weighted by Gasteiger charge is 2.31. The molecule has 0 aliphatic heterocycles. The summed E-state index contributed by atoms with van der Waals surface area (Å²) in [5.74, 6) is 0. The molecule has 0 spiro atoms. The van der Waals surface area contributed by atoms with E-state index in [1.807, 2.05) is 128 Å². The van der Waals surface area contributed by atoms with Gasteiger partial charge < -0.3 is 18.7 Å². The van der Waals surface area contributed by atoms with Crippen LogP contribution in [-0.4, -0.2) is 37.0 Å². The Balaban J connectivity index is 1.40. The van der Waals surface area contributed by atoms with Crippen molar-refractivity contribution < 1.29 is 36.8 Å². The van der Waals surface area contributed by atoms with E-state index in [9.17, 15) is 9.67 Å². The van der Waals surface area contributed by atoms with Gasteiger partial charge in [0.15, 0.2) is 0 Å². The lowest BCUT2D eigenvalue weighted by Crippen LogP contribution is -2.21. The van der Waals surface area contributed by atoms with Gasteiger partial charge in [-0.25, -0.2) is 4.57 Å². The molecule has 1 N–H and O–H groups in total. The van der Waals surface area contributed by atoms with Gasteiger partial charge in [-0.2, -0.15) is 0 Å². The first kappa shape index (κ1) is 34.6. The molecule has 11 heteroatoms. The topological polar surface area (TPSA) is 92.7 Å². The summed E-state index contributed by atoms with van der Waals surface area (Å²) < 4.78 is 49.6. The van der Waals surface area contributed by atoms with E-state index in [0.717, 1.165) is 22.3 Å². The number of hydrogen-bond acceptors (Lipinski definition) is 8. The summed E-state index contributed by atoms with van der Waals surface area (Å²) in [7, 11) is -6.70. The van der Waals surface area contributed by atoms with Crippen LogP contribution >= 0.6 is 24.3 Å². The molecule has 2 unspecified atom stereocenters. The number of phosphoric acid groups is 1. The number of aliphatic hydroxyl groups excluding tert-OH is 1. The predicted octanol–water partition coefficient (Wildman–Crippen LogP) is 8.65. The average molecular weight is 657 g/mol. The highest BCUT2D eigenvalue weighted by Crippen LogP contribution is 2.53. The lowest BCUT2D eigenvalue weighted by molar-refractivity contribution is 0.0959. The minimum Gasteiger partial charge on any atom is -0.392 e. The SMILES string of the molecule is CP(CO)C(COP(OCc1ccccc1)OCc1ccccc1)COP(=O)(OCc1ccccc1)OCc1ccccc1. The maximum Gasteiger partial charge on any atom is 0.475 e. The van der Waals surface area contributed by atoms with Crippen LogP contribution in [-0.2, 0) is 58.1 Å². The number of aliphatic hydroxyl groups is 1. The zero-order valence-corrected chi connectivity index (χ0v) is 27.4. The highest BCUT2D eigenvalue weighted by molar-refractivity contribution is 7.57. The molecule has 0 radical (unpaired) electrons. The molecule has 4 aromatic rings. The molecular weight excluding hydrogens is 617 g/mol. The minimum absolute atomic E-state index is 0.00976. The monoisotopic (exact) mass is 656 g/mol. The third-order valence-corrected chi connectivity index (χ3v) is 10.9. The molecule has 0 aromatic heterocycles. The van der Waals surface area contributed by atoms with Crippen molar-refractivity contribution in [3.05, 3.63) is 144 Å². The Labute approximate surface area is 262 Å². The summed E-state index contributed by atoms with van der Waals surface area (Å²) in [6.07, 6.45) is -0.0551. The minimum atomic E-state index is -3.99. The van der Waals surface area contributed by atoms with Crippen LogP contribution in [0.1, 0.15) is 22.3 Å². The van der Waals surface area contributed by atoms with Crippen LogP contribution in [0.2, 0.25) is 0 Å². The standard InChI is InChI=1S/C33H39O8P3/c1-42(28-34)33(26-38-43(36-22-29-14-6-2-7-15-29)37-23-30-16-8-3-9-17-30)27-41-44(35,39-24-31-18-10-4-11-19-31)40-25-32-20-12-5-13-21-32/h2-21,33-34H,22-28H2,1H3. The molecule has 4 aromatic carbocycles. The molecule has 44 heavy (non-hydrogen) atoms. The summed E-state index contributed by atoms with van der Waals surface area (Å²) in [5.41, 5.74) is 3.36. The van der Waals surface area contributed by atoms with Crippen molar-refractivity contribution in [1.29, 1.82) is 0 Å². The van der Waals surface area contributed by atoms with Crippen LogP contribution in [0.15, 0.2) is 121 Å². The zero-order valence-electron chi connectivity index (χ0n) is 24.7. The normalized spacial score (nSPS) is 13.2. The van der Waals surface area contributed by atoms with Gasteiger partial charge in [0.2, 0.25) is 0 Å². The zero-order chi connectivity index (χ0) is 30.9. The molecule has 0 fully saturated rings. The predicted molar refractivity (Wildman–Crippen MR) is 175 cm³/mol. The summed E-state index contributed by atoms with van der Waals surface area (Å²) >= 11 is 0. The molecule has 0 saturated heterocycles. The summed E-state index contributed by atoms with van der Waals surface area (Å²) in [6.45, 7) is 2.84. The second kappa shape index (κ2) is 19.3. The van der Waals surface area contributed by atoms with Crippen LogP contribution in [0.4, 0.5) is 0 Å². The molecule has 2 atom stereocenters. The molecule has 0 aliphatic carbocycles. The summed E-state index contributed by atoms with van der Waals surface area (Å²) in [4.78, 5) is 0. The Hall–Kier alpha value is -2.31. The van der Waals surface area contributed by atoms with Crippen LogP contribution in [0.3, 0.4) is 0 Å². The van der Waals surface area contributed by atoms with E-state index < -0.39 is 24.3 Å². The first-order valence-electron chi connectivity index (χ1n) is 14.2. The molecule has 8 nitrogen and oxygen atoms in total. The van der Waals surface area contributed by atoms with Crippen LogP contribution in [0, 0.1) is 0 Å². The Bertz CT molecular complexity index is 1280. The van der Waals surface area contributed by atoms with Crippen molar-refractivity contribution in [2.75, 3.05) is 26.2 Å². The van der Waals surface area contributed by atoms with Gasteiger partial charge in [0.25, 0.3) is 0 Å². The third kappa shape index (κ3) is 12.6. The fourth-order valence-corrected chi connectivity index (χ4v) is 7.18. The molecule has 0 amide bonds.